The summed E-state index contributed by atoms with van der Waals surface area (Å²) in [6, 6.07) is 2.11. The Morgan fingerprint density at radius 1 is 1.21 bits per heavy atom. The van der Waals surface area contributed by atoms with Gasteiger partial charge in [0.25, 0.3) is 5.89 Å². The van der Waals surface area contributed by atoms with Crippen molar-refractivity contribution < 1.29 is 4.52 Å². The van der Waals surface area contributed by atoms with Gasteiger partial charge in [0.15, 0.2) is 11.5 Å². The van der Waals surface area contributed by atoms with Gasteiger partial charge >= 0.3 is 0 Å². The molecule has 3 aromatic heterocycles. The molecule has 0 atom stereocenters. The number of aromatic nitrogens is 5. The van der Waals surface area contributed by atoms with E-state index in [-0.39, 0.29) is 17.9 Å². The smallest absolute Gasteiger partial charge is 0.258 e. The molecule has 2 fully saturated rings. The van der Waals surface area contributed by atoms with Gasteiger partial charge in [0, 0.05) is 11.6 Å². The van der Waals surface area contributed by atoms with Crippen molar-refractivity contribution in [3.8, 4) is 11.5 Å². The molecule has 0 unspecified atom stereocenters. The van der Waals surface area contributed by atoms with Gasteiger partial charge in [-0.05, 0) is 65.9 Å². The summed E-state index contributed by atoms with van der Waals surface area (Å²) in [5.41, 5.74) is 9.64. The third-order valence-electron chi connectivity index (χ3n) is 5.81. The second-order valence-corrected chi connectivity index (χ2v) is 9.17. The summed E-state index contributed by atoms with van der Waals surface area (Å²) in [5.74, 6) is 1.65. The molecule has 0 radical (unpaired) electrons. The highest BCUT2D eigenvalue weighted by Crippen LogP contribution is 2.43. The third kappa shape index (κ3) is 2.92. The van der Waals surface area contributed by atoms with Crippen LogP contribution in [0.3, 0.4) is 0 Å². The Hall–Kier alpha value is -1.99. The van der Waals surface area contributed by atoms with Crippen LogP contribution < -0.4 is 5.73 Å². The molecule has 2 N–H and O–H groups in total. The van der Waals surface area contributed by atoms with Crippen molar-refractivity contribution >= 4 is 23.4 Å². The second kappa shape index (κ2) is 6.26. The van der Waals surface area contributed by atoms with Crippen molar-refractivity contribution in [2.45, 2.75) is 76.8 Å². The van der Waals surface area contributed by atoms with E-state index in [0.717, 1.165) is 47.2 Å². The Kier molecular flexibility index (Phi) is 4.32. The number of nitrogens with two attached hydrogens (primary N) is 1. The fourth-order valence-electron chi connectivity index (χ4n) is 3.85. The first-order chi connectivity index (χ1) is 12.8. The second-order valence-electron chi connectivity index (χ2n) is 9.17. The van der Waals surface area contributed by atoms with E-state index >= 15 is 0 Å². The van der Waals surface area contributed by atoms with Crippen LogP contribution >= 0.6 is 12.4 Å². The van der Waals surface area contributed by atoms with E-state index in [2.05, 4.69) is 32.0 Å². The lowest BCUT2D eigenvalue weighted by Gasteiger charge is -2.34. The lowest BCUT2D eigenvalue weighted by Crippen LogP contribution is -2.44. The van der Waals surface area contributed by atoms with E-state index in [1.807, 2.05) is 11.6 Å². The molecule has 0 bridgehead atoms. The van der Waals surface area contributed by atoms with E-state index in [1.54, 1.807) is 0 Å². The highest BCUT2D eigenvalue weighted by molar-refractivity contribution is 5.93. The maximum atomic E-state index is 6.39. The zero-order chi connectivity index (χ0) is 19.0. The van der Waals surface area contributed by atoms with E-state index in [0.29, 0.717) is 17.6 Å². The van der Waals surface area contributed by atoms with Crippen LogP contribution in [0.1, 0.15) is 76.0 Å². The van der Waals surface area contributed by atoms with Crippen LogP contribution in [0.15, 0.2) is 10.6 Å². The lowest BCUT2D eigenvalue weighted by molar-refractivity contribution is 0.229. The van der Waals surface area contributed by atoms with E-state index in [9.17, 15) is 0 Å². The van der Waals surface area contributed by atoms with Crippen LogP contribution in [-0.2, 0) is 11.1 Å². The molecule has 28 heavy (non-hydrogen) atoms. The Morgan fingerprint density at radius 3 is 2.50 bits per heavy atom. The summed E-state index contributed by atoms with van der Waals surface area (Å²) in [5, 5.41) is 9.99. The average molecular weight is 403 g/mol. The Bertz CT molecular complexity index is 1040. The van der Waals surface area contributed by atoms with Crippen molar-refractivity contribution in [2.24, 2.45) is 5.73 Å². The zero-order valence-electron chi connectivity index (χ0n) is 16.8. The minimum Gasteiger partial charge on any atom is -0.334 e. The summed E-state index contributed by atoms with van der Waals surface area (Å²) in [7, 11) is 0. The molecule has 3 aromatic rings. The summed E-state index contributed by atoms with van der Waals surface area (Å²) >= 11 is 0. The minimum absolute atomic E-state index is 0. The number of halogens is 1. The zero-order valence-corrected chi connectivity index (χ0v) is 17.6. The predicted octanol–water partition coefficient (Wildman–Crippen LogP) is 4.18. The quantitative estimate of drug-likeness (QED) is 0.705. The van der Waals surface area contributed by atoms with Crippen molar-refractivity contribution in [2.75, 3.05) is 0 Å². The molecular weight excluding hydrogens is 376 g/mol. The lowest BCUT2D eigenvalue weighted by atomic mass is 9.77. The van der Waals surface area contributed by atoms with Crippen LogP contribution in [-0.4, -0.2) is 24.9 Å². The fraction of sp³-hybridized carbons (Fsp3) is 0.600. The van der Waals surface area contributed by atoms with Crippen LogP contribution in [0.25, 0.3) is 22.5 Å². The first kappa shape index (κ1) is 19.3. The standard InChI is InChI=1S/C20H26N6O.ClH/c1-11-15-13(17-23-18(25-27-17)20(21)8-5-9-20)10-14(12-6-7-12)22-16(15)26(24-11)19(2,3)4;/h10,12H,5-9,21H2,1-4H3;1H. The van der Waals surface area contributed by atoms with E-state index in [1.165, 1.54) is 12.8 Å². The van der Waals surface area contributed by atoms with Crippen LogP contribution in [0, 0.1) is 6.92 Å². The number of fused-ring (bicyclic) bond motifs is 1. The van der Waals surface area contributed by atoms with Crippen LogP contribution in [0.4, 0.5) is 0 Å². The summed E-state index contributed by atoms with van der Waals surface area (Å²) < 4.78 is 7.69. The van der Waals surface area contributed by atoms with Gasteiger partial charge in [-0.25, -0.2) is 9.67 Å². The average Bonchev–Trinajstić information content (AvgIpc) is 3.21. The molecule has 2 aliphatic carbocycles. The normalized spacial score (nSPS) is 18.8. The summed E-state index contributed by atoms with van der Waals surface area (Å²) in [6.07, 6.45) is 5.30. The number of aryl methyl sites for hydroxylation is 1. The largest absolute Gasteiger partial charge is 0.334 e. The van der Waals surface area contributed by atoms with Gasteiger partial charge in [0.2, 0.25) is 0 Å². The van der Waals surface area contributed by atoms with Gasteiger partial charge in [0.05, 0.1) is 27.7 Å². The Balaban J connectivity index is 0.00000192. The number of pyridine rings is 1. The fourth-order valence-corrected chi connectivity index (χ4v) is 3.85. The first-order valence-electron chi connectivity index (χ1n) is 9.80. The van der Waals surface area contributed by atoms with Crippen LogP contribution in [0.2, 0.25) is 0 Å². The molecule has 0 spiro atoms. The molecule has 0 saturated heterocycles. The van der Waals surface area contributed by atoms with Gasteiger partial charge in [-0.3, -0.25) is 0 Å². The molecule has 0 amide bonds. The van der Waals surface area contributed by atoms with Gasteiger partial charge in [-0.1, -0.05) is 5.16 Å². The number of rotatable bonds is 3. The molecule has 0 aromatic carbocycles. The molecule has 2 saturated carbocycles. The van der Waals surface area contributed by atoms with Crippen molar-refractivity contribution in [1.29, 1.82) is 0 Å². The Labute approximate surface area is 170 Å². The van der Waals surface area contributed by atoms with Crippen molar-refractivity contribution in [3.63, 3.8) is 0 Å². The minimum atomic E-state index is -0.433. The van der Waals surface area contributed by atoms with Crippen molar-refractivity contribution in [3.05, 3.63) is 23.3 Å². The molecular formula is C20H27ClN6O. The van der Waals surface area contributed by atoms with E-state index in [4.69, 9.17) is 25.3 Å². The van der Waals surface area contributed by atoms with Gasteiger partial charge in [-0.2, -0.15) is 10.1 Å². The monoisotopic (exact) mass is 402 g/mol. The highest BCUT2D eigenvalue weighted by atomic mass is 35.5. The number of hydrogen-bond acceptors (Lipinski definition) is 6. The third-order valence-corrected chi connectivity index (χ3v) is 5.81. The molecule has 5 rings (SSSR count). The topological polar surface area (TPSA) is 95.7 Å². The summed E-state index contributed by atoms with van der Waals surface area (Å²) in [4.78, 5) is 9.67. The SMILES string of the molecule is Cc1nn(C(C)(C)C)c2nc(C3CC3)cc(-c3nc(C4(N)CCC4)no3)c12.Cl. The maximum absolute atomic E-state index is 6.39. The van der Waals surface area contributed by atoms with Crippen molar-refractivity contribution in [1.82, 2.24) is 24.9 Å². The molecule has 150 valence electrons. The predicted molar refractivity (Wildman–Crippen MR) is 109 cm³/mol. The van der Waals surface area contributed by atoms with Gasteiger partial charge in [0.1, 0.15) is 0 Å². The number of nitrogens with zero attached hydrogens (tertiary/aromatic N) is 5. The van der Waals surface area contributed by atoms with Crippen LogP contribution in [0.5, 0.6) is 0 Å². The van der Waals surface area contributed by atoms with Gasteiger partial charge < -0.3 is 10.3 Å². The summed E-state index contributed by atoms with van der Waals surface area (Å²) in [6.45, 7) is 8.44. The molecule has 8 heteroatoms. The highest BCUT2D eigenvalue weighted by Gasteiger charge is 2.39. The Morgan fingerprint density at radius 2 is 1.93 bits per heavy atom. The molecule has 3 heterocycles. The first-order valence-corrected chi connectivity index (χ1v) is 9.80. The molecule has 2 aliphatic rings. The van der Waals surface area contributed by atoms with E-state index < -0.39 is 5.54 Å². The molecule has 7 nitrogen and oxygen atoms in total. The maximum Gasteiger partial charge on any atom is 0.258 e. The number of hydrogen-bond donors (Lipinski definition) is 1. The van der Waals surface area contributed by atoms with Gasteiger partial charge in [-0.15, -0.1) is 12.4 Å². The molecule has 0 aliphatic heterocycles.